The number of nitrogens with zero attached hydrogens (tertiary/aromatic N) is 3. The molecule has 0 saturated carbocycles. The smallest absolute Gasteiger partial charge is 0.274 e. The Balaban J connectivity index is 1.64. The average Bonchev–Trinajstić information content (AvgIpc) is 2.64. The highest BCUT2D eigenvalue weighted by Gasteiger charge is 2.14. The molecule has 6 heteroatoms. The minimum absolute atomic E-state index is 0.172. The molecule has 1 aromatic heterocycles. The molecule has 0 aliphatic carbocycles. The number of nitrogens with one attached hydrogen (secondary N) is 1. The number of amides is 1. The summed E-state index contributed by atoms with van der Waals surface area (Å²) in [5.74, 6) is 0.388. The molecule has 126 valence electrons. The molecule has 0 radical (unpaired) electrons. The van der Waals surface area contributed by atoms with E-state index >= 15 is 0 Å². The van der Waals surface area contributed by atoms with Gasteiger partial charge in [-0.25, -0.2) is 0 Å². The second-order valence-electron chi connectivity index (χ2n) is 5.58. The van der Waals surface area contributed by atoms with E-state index < -0.39 is 0 Å². The topological polar surface area (TPSA) is 58.1 Å². The van der Waals surface area contributed by atoms with Crippen molar-refractivity contribution in [2.75, 3.05) is 12.4 Å². The molecule has 0 saturated heterocycles. The Morgan fingerprint density at radius 2 is 1.72 bits per heavy atom. The lowest BCUT2D eigenvalue weighted by atomic mass is 10.2. The molecule has 1 heterocycles. The predicted octanol–water partition coefficient (Wildman–Crippen LogP) is 4.15. The number of hydrogen-bond acceptors (Lipinski definition) is 4. The van der Waals surface area contributed by atoms with Crippen LogP contribution in [0.3, 0.4) is 0 Å². The SMILES string of the molecule is CN(Cc1ccccc1)C(=O)c1ccc(Nc2ccc(Cl)cc2)nn1. The number of anilines is 2. The van der Waals surface area contributed by atoms with E-state index in [2.05, 4.69) is 15.5 Å². The molecule has 1 N–H and O–H groups in total. The maximum atomic E-state index is 12.4. The van der Waals surface area contributed by atoms with Gasteiger partial charge in [-0.2, -0.15) is 0 Å². The van der Waals surface area contributed by atoms with Gasteiger partial charge < -0.3 is 10.2 Å². The van der Waals surface area contributed by atoms with Crippen LogP contribution in [0.1, 0.15) is 16.1 Å². The van der Waals surface area contributed by atoms with E-state index in [1.54, 1.807) is 36.2 Å². The average molecular weight is 353 g/mol. The molecule has 0 fully saturated rings. The number of hydrogen-bond donors (Lipinski definition) is 1. The van der Waals surface area contributed by atoms with Crippen LogP contribution in [-0.4, -0.2) is 28.1 Å². The monoisotopic (exact) mass is 352 g/mol. The molecule has 0 aliphatic heterocycles. The third-order valence-electron chi connectivity index (χ3n) is 3.61. The zero-order valence-corrected chi connectivity index (χ0v) is 14.4. The molecule has 3 aromatic rings. The molecule has 25 heavy (non-hydrogen) atoms. The first-order chi connectivity index (χ1) is 12.1. The summed E-state index contributed by atoms with van der Waals surface area (Å²) in [4.78, 5) is 14.1. The van der Waals surface area contributed by atoms with E-state index in [4.69, 9.17) is 11.6 Å². The summed E-state index contributed by atoms with van der Waals surface area (Å²) in [5.41, 5.74) is 2.21. The maximum absolute atomic E-state index is 12.4. The summed E-state index contributed by atoms with van der Waals surface area (Å²) in [6.45, 7) is 0.520. The zero-order chi connectivity index (χ0) is 17.6. The highest BCUT2D eigenvalue weighted by atomic mass is 35.5. The predicted molar refractivity (Wildman–Crippen MR) is 99.0 cm³/mol. The molecule has 2 aromatic carbocycles. The second-order valence-corrected chi connectivity index (χ2v) is 6.02. The van der Waals surface area contributed by atoms with Gasteiger partial charge in [0.15, 0.2) is 11.5 Å². The number of carbonyl (C=O) groups excluding carboxylic acids is 1. The van der Waals surface area contributed by atoms with Gasteiger partial charge in [-0.15, -0.1) is 10.2 Å². The van der Waals surface area contributed by atoms with Crippen molar-refractivity contribution in [3.8, 4) is 0 Å². The van der Waals surface area contributed by atoms with E-state index in [0.717, 1.165) is 11.3 Å². The van der Waals surface area contributed by atoms with E-state index in [0.29, 0.717) is 23.1 Å². The maximum Gasteiger partial charge on any atom is 0.274 e. The highest BCUT2D eigenvalue weighted by molar-refractivity contribution is 6.30. The van der Waals surface area contributed by atoms with Crippen molar-refractivity contribution in [3.05, 3.63) is 83.0 Å². The minimum atomic E-state index is -0.172. The molecule has 0 spiro atoms. The quantitative estimate of drug-likeness (QED) is 0.749. The van der Waals surface area contributed by atoms with Crippen LogP contribution in [0.4, 0.5) is 11.5 Å². The molecule has 0 bridgehead atoms. The molecular weight excluding hydrogens is 336 g/mol. The van der Waals surface area contributed by atoms with Crippen LogP contribution in [0, 0.1) is 0 Å². The summed E-state index contributed by atoms with van der Waals surface area (Å²) in [7, 11) is 1.75. The fourth-order valence-corrected chi connectivity index (χ4v) is 2.44. The third-order valence-corrected chi connectivity index (χ3v) is 3.86. The Kier molecular flexibility index (Phi) is 5.26. The Hall–Kier alpha value is -2.92. The van der Waals surface area contributed by atoms with Crippen molar-refractivity contribution in [1.29, 1.82) is 0 Å². The Bertz CT molecular complexity index is 836. The number of halogens is 1. The van der Waals surface area contributed by atoms with Crippen LogP contribution < -0.4 is 5.32 Å². The van der Waals surface area contributed by atoms with Crippen molar-refractivity contribution in [3.63, 3.8) is 0 Å². The van der Waals surface area contributed by atoms with E-state index in [1.165, 1.54) is 0 Å². The van der Waals surface area contributed by atoms with Crippen LogP contribution in [0.2, 0.25) is 5.02 Å². The van der Waals surface area contributed by atoms with Gasteiger partial charge in [-0.3, -0.25) is 4.79 Å². The largest absolute Gasteiger partial charge is 0.339 e. The van der Waals surface area contributed by atoms with Gasteiger partial charge in [-0.05, 0) is 42.0 Å². The number of rotatable bonds is 5. The van der Waals surface area contributed by atoms with Crippen molar-refractivity contribution in [2.45, 2.75) is 6.54 Å². The van der Waals surface area contributed by atoms with Gasteiger partial charge >= 0.3 is 0 Å². The zero-order valence-electron chi connectivity index (χ0n) is 13.7. The van der Waals surface area contributed by atoms with Crippen molar-refractivity contribution < 1.29 is 4.79 Å². The van der Waals surface area contributed by atoms with Crippen LogP contribution in [0.25, 0.3) is 0 Å². The second kappa shape index (κ2) is 7.77. The molecular formula is C19H17ClN4O. The van der Waals surface area contributed by atoms with Gasteiger partial charge in [0.1, 0.15) is 0 Å². The first-order valence-corrected chi connectivity index (χ1v) is 8.15. The minimum Gasteiger partial charge on any atom is -0.339 e. The fraction of sp³-hybridized carbons (Fsp3) is 0.105. The van der Waals surface area contributed by atoms with Crippen molar-refractivity contribution in [1.82, 2.24) is 15.1 Å². The number of benzene rings is 2. The first-order valence-electron chi connectivity index (χ1n) is 7.77. The molecule has 3 rings (SSSR count). The van der Waals surface area contributed by atoms with Crippen LogP contribution in [0.5, 0.6) is 0 Å². The summed E-state index contributed by atoms with van der Waals surface area (Å²) in [5, 5.41) is 11.9. The summed E-state index contributed by atoms with van der Waals surface area (Å²) in [6.07, 6.45) is 0. The van der Waals surface area contributed by atoms with Gasteiger partial charge in [0.2, 0.25) is 0 Å². The highest BCUT2D eigenvalue weighted by Crippen LogP contribution is 2.17. The molecule has 1 amide bonds. The standard InChI is InChI=1S/C19H17ClN4O/c1-24(13-14-5-3-2-4-6-14)19(25)17-11-12-18(23-22-17)21-16-9-7-15(20)8-10-16/h2-12H,13H2,1H3,(H,21,23). The Labute approximate surface area is 151 Å². The third kappa shape index (κ3) is 4.55. The van der Waals surface area contributed by atoms with Gasteiger partial charge in [-0.1, -0.05) is 41.9 Å². The van der Waals surface area contributed by atoms with Gasteiger partial charge in [0, 0.05) is 24.3 Å². The molecule has 0 aliphatic rings. The van der Waals surface area contributed by atoms with Gasteiger partial charge in [0.25, 0.3) is 5.91 Å². The van der Waals surface area contributed by atoms with E-state index in [9.17, 15) is 4.79 Å². The molecule has 5 nitrogen and oxygen atoms in total. The summed E-state index contributed by atoms with van der Waals surface area (Å²) in [6, 6.07) is 20.5. The fourth-order valence-electron chi connectivity index (χ4n) is 2.32. The molecule has 0 unspecified atom stereocenters. The van der Waals surface area contributed by atoms with Crippen molar-refractivity contribution in [2.24, 2.45) is 0 Å². The Morgan fingerprint density at radius 3 is 2.36 bits per heavy atom. The lowest BCUT2D eigenvalue weighted by molar-refractivity contribution is 0.0778. The van der Waals surface area contributed by atoms with E-state index in [1.807, 2.05) is 42.5 Å². The van der Waals surface area contributed by atoms with Crippen LogP contribution in [-0.2, 0) is 6.54 Å². The van der Waals surface area contributed by atoms with Crippen LogP contribution in [0.15, 0.2) is 66.7 Å². The lowest BCUT2D eigenvalue weighted by Gasteiger charge is -2.16. The number of aromatic nitrogens is 2. The lowest BCUT2D eigenvalue weighted by Crippen LogP contribution is -2.27. The van der Waals surface area contributed by atoms with E-state index in [-0.39, 0.29) is 5.91 Å². The molecule has 0 atom stereocenters. The number of carbonyl (C=O) groups is 1. The summed E-state index contributed by atoms with van der Waals surface area (Å²) >= 11 is 5.86. The Morgan fingerprint density at radius 1 is 1.00 bits per heavy atom. The van der Waals surface area contributed by atoms with Gasteiger partial charge in [0.05, 0.1) is 0 Å². The van der Waals surface area contributed by atoms with Crippen LogP contribution >= 0.6 is 11.6 Å². The normalized spacial score (nSPS) is 10.3. The summed E-state index contributed by atoms with van der Waals surface area (Å²) < 4.78 is 0. The first kappa shape index (κ1) is 16.9. The van der Waals surface area contributed by atoms with Crippen molar-refractivity contribution >= 4 is 29.0 Å².